The average molecular weight is 430 g/mol. The Bertz CT molecular complexity index is 1190. The van der Waals surface area contributed by atoms with Crippen molar-refractivity contribution in [1.82, 2.24) is 0 Å². The number of hydrogen-bond donors (Lipinski definition) is 1. The summed E-state index contributed by atoms with van der Waals surface area (Å²) in [4.78, 5) is 13.3. The molecule has 4 aromatic rings. The van der Waals surface area contributed by atoms with E-state index in [9.17, 15) is 4.79 Å². The van der Waals surface area contributed by atoms with Crippen molar-refractivity contribution in [2.45, 2.75) is 0 Å². The first-order valence-corrected chi connectivity index (χ1v) is 10.9. The van der Waals surface area contributed by atoms with Gasteiger partial charge in [-0.25, -0.2) is 4.79 Å². The van der Waals surface area contributed by atoms with E-state index in [-0.39, 0.29) is 5.56 Å². The van der Waals surface area contributed by atoms with Crippen LogP contribution in [0.5, 0.6) is 5.75 Å². The fourth-order valence-electron chi connectivity index (χ4n) is 3.45. The number of anilines is 1. The standard InChI is InChI=1S/C26H23NO3S/c1-27(25-10-5-15-31-25)17-20(16-19-11-13-22(14-12-19)26(28)29)18-30-24-9-4-7-21-6-2-3-8-23(21)24/h2-16H,17-18H2,1H3,(H,28,29)/b20-16+. The fraction of sp³-hybridized carbons (Fsp3) is 0.115. The Morgan fingerprint density at radius 2 is 1.77 bits per heavy atom. The number of rotatable bonds is 8. The third-order valence-corrected chi connectivity index (χ3v) is 6.00. The molecule has 0 atom stereocenters. The summed E-state index contributed by atoms with van der Waals surface area (Å²) in [6, 6.07) is 25.3. The quantitative estimate of drug-likeness (QED) is 0.362. The number of likely N-dealkylation sites (N-methyl/N-ethyl adjacent to an activating group) is 1. The maximum atomic E-state index is 11.1. The van der Waals surface area contributed by atoms with Gasteiger partial charge < -0.3 is 14.7 Å². The lowest BCUT2D eigenvalue weighted by Crippen LogP contribution is -2.22. The number of hydrogen-bond acceptors (Lipinski definition) is 4. The van der Waals surface area contributed by atoms with Gasteiger partial charge in [0.2, 0.25) is 0 Å². The highest BCUT2D eigenvalue weighted by Gasteiger charge is 2.09. The maximum absolute atomic E-state index is 11.1. The summed E-state index contributed by atoms with van der Waals surface area (Å²) < 4.78 is 6.25. The van der Waals surface area contributed by atoms with Gasteiger partial charge in [-0.15, -0.1) is 11.3 Å². The van der Waals surface area contributed by atoms with Crippen LogP contribution in [0.2, 0.25) is 0 Å². The molecule has 0 spiro atoms. The highest BCUT2D eigenvalue weighted by Crippen LogP contribution is 2.26. The van der Waals surface area contributed by atoms with E-state index in [2.05, 4.69) is 47.7 Å². The molecule has 0 radical (unpaired) electrons. The van der Waals surface area contributed by atoms with Crippen LogP contribution in [-0.4, -0.2) is 31.3 Å². The van der Waals surface area contributed by atoms with E-state index in [1.165, 1.54) is 5.00 Å². The SMILES string of the molecule is CN(C/C(=C\c1ccc(C(=O)O)cc1)COc1cccc2ccccc12)c1cccs1. The first kappa shape index (κ1) is 20.7. The van der Waals surface area contributed by atoms with E-state index in [1.54, 1.807) is 23.5 Å². The molecule has 1 N–H and O–H groups in total. The molecular weight excluding hydrogens is 406 g/mol. The number of ether oxygens (including phenoxy) is 1. The van der Waals surface area contributed by atoms with Gasteiger partial charge >= 0.3 is 5.97 Å². The Hall–Kier alpha value is -3.57. The largest absolute Gasteiger partial charge is 0.489 e. The van der Waals surface area contributed by atoms with Crippen molar-refractivity contribution in [3.8, 4) is 5.75 Å². The van der Waals surface area contributed by atoms with Crippen LogP contribution in [0, 0.1) is 0 Å². The Labute approximate surface area is 185 Å². The Kier molecular flexibility index (Phi) is 6.34. The number of carbonyl (C=O) groups is 1. The minimum Gasteiger partial charge on any atom is -0.489 e. The molecule has 1 heterocycles. The zero-order valence-corrected chi connectivity index (χ0v) is 18.0. The van der Waals surface area contributed by atoms with E-state index in [0.29, 0.717) is 13.2 Å². The monoisotopic (exact) mass is 429 g/mol. The van der Waals surface area contributed by atoms with Crippen molar-refractivity contribution >= 4 is 39.2 Å². The Morgan fingerprint density at radius 1 is 1.00 bits per heavy atom. The highest BCUT2D eigenvalue weighted by atomic mass is 32.1. The zero-order valence-electron chi connectivity index (χ0n) is 17.2. The number of carboxylic acid groups (broad SMARTS) is 1. The number of fused-ring (bicyclic) bond motifs is 1. The van der Waals surface area contributed by atoms with Crippen LogP contribution in [0.1, 0.15) is 15.9 Å². The third-order valence-electron chi connectivity index (χ3n) is 5.01. The fourth-order valence-corrected chi connectivity index (χ4v) is 4.15. The number of benzene rings is 3. The summed E-state index contributed by atoms with van der Waals surface area (Å²) in [6.07, 6.45) is 2.07. The summed E-state index contributed by atoms with van der Waals surface area (Å²) in [5, 5.41) is 14.6. The minimum absolute atomic E-state index is 0.279. The normalized spacial score (nSPS) is 11.5. The number of nitrogens with zero attached hydrogens (tertiary/aromatic N) is 1. The lowest BCUT2D eigenvalue weighted by molar-refractivity contribution is 0.0697. The first-order valence-electron chi connectivity index (χ1n) is 9.98. The van der Waals surface area contributed by atoms with Gasteiger partial charge in [0.05, 0.1) is 10.6 Å². The van der Waals surface area contributed by atoms with Gasteiger partial charge in [0.25, 0.3) is 0 Å². The van der Waals surface area contributed by atoms with Crippen molar-refractivity contribution in [2.24, 2.45) is 0 Å². The van der Waals surface area contributed by atoms with Crippen LogP contribution >= 0.6 is 11.3 Å². The molecule has 0 bridgehead atoms. The molecule has 156 valence electrons. The molecule has 3 aromatic carbocycles. The van der Waals surface area contributed by atoms with Gasteiger partial charge in [-0.2, -0.15) is 0 Å². The van der Waals surface area contributed by atoms with Gasteiger partial charge in [0.15, 0.2) is 0 Å². The van der Waals surface area contributed by atoms with Crippen LogP contribution in [0.25, 0.3) is 16.8 Å². The second-order valence-corrected chi connectivity index (χ2v) is 8.23. The van der Waals surface area contributed by atoms with E-state index >= 15 is 0 Å². The molecule has 5 heteroatoms. The predicted molar refractivity (Wildman–Crippen MR) is 128 cm³/mol. The molecule has 0 fully saturated rings. The van der Waals surface area contributed by atoms with Crippen molar-refractivity contribution < 1.29 is 14.6 Å². The first-order chi connectivity index (χ1) is 15.1. The van der Waals surface area contributed by atoms with Crippen LogP contribution in [0.4, 0.5) is 5.00 Å². The lowest BCUT2D eigenvalue weighted by Gasteiger charge is -2.20. The molecule has 0 amide bonds. The van der Waals surface area contributed by atoms with Crippen LogP contribution in [0.3, 0.4) is 0 Å². The third kappa shape index (κ3) is 5.13. The van der Waals surface area contributed by atoms with Gasteiger partial charge in [-0.3, -0.25) is 0 Å². The topological polar surface area (TPSA) is 49.8 Å². The Morgan fingerprint density at radius 3 is 2.52 bits per heavy atom. The molecule has 0 aliphatic rings. The van der Waals surface area contributed by atoms with Crippen LogP contribution < -0.4 is 9.64 Å². The smallest absolute Gasteiger partial charge is 0.335 e. The summed E-state index contributed by atoms with van der Waals surface area (Å²) in [7, 11) is 2.06. The van der Waals surface area contributed by atoms with Crippen molar-refractivity contribution in [2.75, 3.05) is 25.1 Å². The predicted octanol–water partition coefficient (Wildman–Crippen LogP) is 6.20. The van der Waals surface area contributed by atoms with Crippen LogP contribution in [-0.2, 0) is 0 Å². The molecule has 4 nitrogen and oxygen atoms in total. The zero-order chi connectivity index (χ0) is 21.6. The van der Waals surface area contributed by atoms with E-state index < -0.39 is 5.97 Å². The summed E-state index contributed by atoms with van der Waals surface area (Å²) in [5.41, 5.74) is 2.31. The van der Waals surface area contributed by atoms with Gasteiger partial charge in [-0.05, 0) is 52.2 Å². The molecule has 1 aromatic heterocycles. The molecule has 0 saturated heterocycles. The van der Waals surface area contributed by atoms with Crippen LogP contribution in [0.15, 0.2) is 89.8 Å². The van der Waals surface area contributed by atoms with Crippen molar-refractivity contribution in [3.63, 3.8) is 0 Å². The molecular formula is C26H23NO3S. The highest BCUT2D eigenvalue weighted by molar-refractivity contribution is 7.14. The minimum atomic E-state index is -0.924. The summed E-state index contributed by atoms with van der Waals surface area (Å²) in [6.45, 7) is 1.14. The molecule has 4 rings (SSSR count). The number of aromatic carboxylic acids is 1. The van der Waals surface area contributed by atoms with E-state index in [0.717, 1.165) is 27.7 Å². The number of thiophene rings is 1. The van der Waals surface area contributed by atoms with E-state index in [1.807, 2.05) is 42.5 Å². The molecule has 0 saturated carbocycles. The lowest BCUT2D eigenvalue weighted by atomic mass is 10.1. The summed E-state index contributed by atoms with van der Waals surface area (Å²) in [5.74, 6) is -0.0727. The van der Waals surface area contributed by atoms with Gasteiger partial charge in [-0.1, -0.05) is 54.6 Å². The maximum Gasteiger partial charge on any atom is 0.335 e. The molecule has 0 unspecified atom stereocenters. The summed E-state index contributed by atoms with van der Waals surface area (Å²) >= 11 is 1.69. The van der Waals surface area contributed by atoms with E-state index in [4.69, 9.17) is 9.84 Å². The van der Waals surface area contributed by atoms with Crippen molar-refractivity contribution in [1.29, 1.82) is 0 Å². The van der Waals surface area contributed by atoms with Gasteiger partial charge in [0, 0.05) is 19.0 Å². The van der Waals surface area contributed by atoms with Crippen molar-refractivity contribution in [3.05, 3.63) is 101 Å². The Balaban J connectivity index is 1.59. The van der Waals surface area contributed by atoms with Gasteiger partial charge in [0.1, 0.15) is 12.4 Å². The molecule has 0 aliphatic carbocycles. The second kappa shape index (κ2) is 9.49. The number of carboxylic acids is 1. The molecule has 0 aliphatic heterocycles. The molecule has 31 heavy (non-hydrogen) atoms. The average Bonchev–Trinajstić information content (AvgIpc) is 3.33. The second-order valence-electron chi connectivity index (χ2n) is 7.30.